The molecule has 16 amide bonds. The number of fused-ring (bicyclic) bond motifs is 2. The summed E-state index contributed by atoms with van der Waals surface area (Å²) in [6, 6.07) is 18.5. The molecule has 746 valence electrons. The number of aliphatic hydroxyl groups excluding tert-OH is 1. The second-order valence-electron chi connectivity index (χ2n) is 35.6. The largest absolute Gasteiger partial charge is 0.492 e. The predicted octanol–water partition coefficient (Wildman–Crippen LogP) is 0.299. The van der Waals surface area contributed by atoms with E-state index in [1.54, 1.807) is 91.1 Å². The van der Waals surface area contributed by atoms with Crippen molar-refractivity contribution in [2.75, 3.05) is 46.5 Å². The summed E-state index contributed by atoms with van der Waals surface area (Å²) in [5.41, 5.74) is 24.4. The van der Waals surface area contributed by atoms with E-state index >= 15 is 33.6 Å². The van der Waals surface area contributed by atoms with Crippen molar-refractivity contribution in [1.82, 2.24) is 78.7 Å². The van der Waals surface area contributed by atoms with Crippen LogP contribution in [0.4, 0.5) is 0 Å². The van der Waals surface area contributed by atoms with E-state index in [0.717, 1.165) is 56.8 Å². The lowest BCUT2D eigenvalue weighted by atomic mass is 9.87. The van der Waals surface area contributed by atoms with Gasteiger partial charge in [-0.3, -0.25) is 91.3 Å². The van der Waals surface area contributed by atoms with E-state index < -0.39 is 233 Å². The maximum Gasteiger partial charge on any atom is 0.303 e. The van der Waals surface area contributed by atoms with Crippen LogP contribution >= 0.6 is 21.6 Å². The number of carboxylic acid groups (broad SMARTS) is 1. The first-order valence-corrected chi connectivity index (χ1v) is 47.6. The highest BCUT2D eigenvalue weighted by Crippen LogP contribution is 2.47. The number of H-pyrrole nitrogens is 1. The van der Waals surface area contributed by atoms with E-state index in [1.165, 1.54) is 54.1 Å². The number of benzene rings is 5. The van der Waals surface area contributed by atoms with E-state index in [-0.39, 0.29) is 90.2 Å². The van der Waals surface area contributed by atoms with E-state index in [4.69, 9.17) is 32.4 Å². The molecule has 41 nitrogen and oxygen atoms in total. The number of ketones is 1. The number of nitrogens with two attached hydrogens (primary N) is 4. The Hall–Kier alpha value is -13.9. The maximum absolute atomic E-state index is 16.5. The Bertz CT molecular complexity index is 5610. The number of para-hydroxylation sites is 1. The van der Waals surface area contributed by atoms with Crippen LogP contribution in [0, 0.1) is 5.92 Å². The summed E-state index contributed by atoms with van der Waals surface area (Å²) >= 11 is 0. The van der Waals surface area contributed by atoms with Crippen LogP contribution in [0.3, 0.4) is 0 Å². The fourth-order valence-corrected chi connectivity index (χ4v) is 19.0. The van der Waals surface area contributed by atoms with Gasteiger partial charge in [0.1, 0.15) is 72.3 Å². The molecule has 2 aromatic heterocycles. The van der Waals surface area contributed by atoms with E-state index in [9.17, 15) is 63.0 Å². The Labute approximate surface area is 810 Å². The predicted molar refractivity (Wildman–Crippen MR) is 516 cm³/mol. The summed E-state index contributed by atoms with van der Waals surface area (Å²) in [5.74, 6) is -19.4. The van der Waals surface area contributed by atoms with Crippen molar-refractivity contribution in [2.45, 2.75) is 220 Å². The quantitative estimate of drug-likeness (QED) is 0.0181. The van der Waals surface area contributed by atoms with Crippen molar-refractivity contribution >= 4 is 150 Å². The first-order chi connectivity index (χ1) is 65.9. The molecule has 2 aliphatic heterocycles. The normalized spacial score (nSPS) is 19.3. The zero-order valence-corrected chi connectivity index (χ0v) is 80.1. The number of hydrogen-bond donors (Lipinski definition) is 19. The summed E-state index contributed by atoms with van der Waals surface area (Å²) in [5, 5.41) is 55.6. The number of aromatic nitrogens is 2. The zero-order chi connectivity index (χ0) is 102. The highest BCUT2D eigenvalue weighted by molar-refractivity contribution is 8.77. The number of rotatable bonds is 42. The number of pyridine rings is 1. The van der Waals surface area contributed by atoms with Gasteiger partial charge in [-0.15, -0.1) is 0 Å². The minimum absolute atomic E-state index is 0.0813. The molecule has 139 heavy (non-hydrogen) atoms. The number of aromatic amines is 1. The third kappa shape index (κ3) is 32.1. The average Bonchev–Trinajstić information content (AvgIpc) is 1.70. The van der Waals surface area contributed by atoms with Crippen molar-refractivity contribution in [1.29, 1.82) is 0 Å². The second kappa shape index (κ2) is 51.0. The van der Waals surface area contributed by atoms with Gasteiger partial charge in [0.2, 0.25) is 94.5 Å². The number of unbranched alkanes of at least 4 members (excludes halogenated alkanes) is 1. The average molecular weight is 1960 g/mol. The van der Waals surface area contributed by atoms with Gasteiger partial charge in [-0.25, -0.2) is 0 Å². The molecular weight excluding hydrogens is 1840 g/mol. The van der Waals surface area contributed by atoms with Gasteiger partial charge in [-0.1, -0.05) is 131 Å². The van der Waals surface area contributed by atoms with Crippen LogP contribution in [0.15, 0.2) is 146 Å². The Morgan fingerprint density at radius 3 is 1.90 bits per heavy atom. The summed E-state index contributed by atoms with van der Waals surface area (Å²) in [4.78, 5) is 268. The molecule has 4 heterocycles. The molecule has 5 aromatic carbocycles. The molecule has 9 rings (SSSR count). The van der Waals surface area contributed by atoms with Crippen LogP contribution < -0.4 is 91.5 Å². The number of nitrogens with zero attached hydrogens (tertiary/aromatic N) is 2. The lowest BCUT2D eigenvalue weighted by Gasteiger charge is -2.39. The van der Waals surface area contributed by atoms with Crippen LogP contribution in [0.2, 0.25) is 0 Å². The van der Waals surface area contributed by atoms with Crippen molar-refractivity contribution in [2.24, 2.45) is 28.9 Å². The Morgan fingerprint density at radius 2 is 1.25 bits per heavy atom. The molecule has 12 atom stereocenters. The zero-order valence-electron chi connectivity index (χ0n) is 78.5. The third-order valence-corrected chi connectivity index (χ3v) is 27.8. The number of hydrogen-bond acceptors (Lipinski definition) is 25. The number of carbonyl (C=O) groups excluding carboxylic acids is 17. The molecule has 2 saturated heterocycles. The maximum atomic E-state index is 16.5. The Kier molecular flexibility index (Phi) is 39.9. The molecule has 7 aromatic rings. The van der Waals surface area contributed by atoms with Crippen LogP contribution in [0.25, 0.3) is 32.8 Å². The molecule has 0 bridgehead atoms. The Balaban J connectivity index is 1.13. The number of ether oxygens (including phenoxy) is 2. The number of Topliss-reactive ketones (excluding diaryl/α,β-unsaturated/α-hetero) is 1. The molecule has 2 fully saturated rings. The minimum atomic E-state index is -2.10. The number of aliphatic hydroxyl groups is 1. The second-order valence-corrected chi connectivity index (χ2v) is 39.0. The summed E-state index contributed by atoms with van der Waals surface area (Å²) in [6.45, 7) is 8.91. The SMILES string of the molecule is CC(=O)NCCCC[C@@H]1NC(=O)[C@H](Cc2c[nH]c3c(-c4ccccc4)cccc23)NC(=O)[C@H]([C@@H](C)O)NC(=O)[C@H](CC(N)=O)NC(=O)[C@@H](NC(C)=O)C(C)(C)SSC(C)(C)[C@@H](C(=O)N[C@@H](Cc2ccc(OCCN)cc2)C(=O)N[C@@H](Cc2ccc3ccccc3c2)C(=O)NC2(C(=O)N[C@@H](CCC(=O)O)C(=O)N[C@@H](CC(N)=O)C(=O)C[C@@H](Cc3cccnc3)C(=O)N(C)CC(N)=O)CCOCC2)NC1=O. The summed E-state index contributed by atoms with van der Waals surface area (Å²) in [7, 11) is 3.05. The lowest BCUT2D eigenvalue weighted by molar-refractivity contribution is -0.142. The van der Waals surface area contributed by atoms with Crippen molar-refractivity contribution in [3.63, 3.8) is 0 Å². The topological polar surface area (TPSA) is 647 Å². The smallest absolute Gasteiger partial charge is 0.303 e. The lowest BCUT2D eigenvalue weighted by Crippen LogP contribution is -2.67. The molecule has 2 aliphatic rings. The van der Waals surface area contributed by atoms with Gasteiger partial charge in [-0.05, 0) is 124 Å². The summed E-state index contributed by atoms with van der Waals surface area (Å²) < 4.78 is 8.27. The molecular formula is C96H123N19O22S2. The van der Waals surface area contributed by atoms with Crippen LogP contribution in [-0.2, 0) is 117 Å². The van der Waals surface area contributed by atoms with Gasteiger partial charge >= 0.3 is 5.97 Å². The summed E-state index contributed by atoms with van der Waals surface area (Å²) in [6.07, 6.45) is -3.09. The molecule has 0 saturated carbocycles. The number of amides is 16. The van der Waals surface area contributed by atoms with Gasteiger partial charge in [0.15, 0.2) is 5.78 Å². The van der Waals surface area contributed by atoms with Crippen LogP contribution in [-0.4, -0.2) is 259 Å². The van der Waals surface area contributed by atoms with Crippen LogP contribution in [0.1, 0.15) is 135 Å². The standard InChI is InChI=1S/C96H123N19O22S2/c1-53(116)79-89(131)108-72(46-63-51-103-80-65(23-16-24-66(63)80)60-20-10-9-11-21-60)86(128)105-67(25-14-15-38-102-54(2)117)84(126)113-82(95(6,7)139-138-94(4,5)81(104-55(3)118)90(132)110-73(49-76(99)121)87(129)112-79)91(133)109-70(44-56-27-30-64(31-28-56)137-41-36-97)85(127)107-71(45-57-26-29-59-19-12-13-22-61(59)42-57)88(130)114-96(34-39-136-40-35-96)93(135)111-68(32-33-78(123)124)83(125)106-69(48-75(98)120)74(119)47-62(43-58-18-17-37-101-50-58)92(134)115(8)52-77(100)122/h9-13,16-24,26-31,37,42,50-51,53,62,67-73,79,81-82,103,116H,14-15,25,32-36,38-41,43-49,52,97H2,1-8H3,(H2,98,120)(H2,99,121)(H2,100,122)(H,102,117)(H,104,118)(H,105,128)(H,106,125)(H,107,127)(H,108,131)(H,109,133)(H,110,132)(H,111,135)(H,112,129)(H,113,126)(H,114,130)(H,123,124)/t53-,62-,67+,68+,69+,70+,71+,72+,73+,79+,81-,82-/m1/s1. The number of likely N-dealkylation sites (N-methyl/N-ethyl adjacent to an activating group) is 1. The monoisotopic (exact) mass is 1960 g/mol. The fourth-order valence-electron chi connectivity index (χ4n) is 16.1. The van der Waals surface area contributed by atoms with E-state index in [0.29, 0.717) is 44.3 Å². The van der Waals surface area contributed by atoms with Crippen molar-refractivity contribution in [3.05, 3.63) is 168 Å². The first kappa shape index (κ1) is 109. The molecule has 0 aliphatic carbocycles. The van der Waals surface area contributed by atoms with Crippen LogP contribution in [0.5, 0.6) is 5.75 Å². The molecule has 0 spiro atoms. The fraction of sp³-hybridized carbons (Fsp3) is 0.448. The Morgan fingerprint density at radius 1 is 0.619 bits per heavy atom. The number of primary amides is 3. The molecule has 43 heteroatoms. The minimum Gasteiger partial charge on any atom is -0.492 e. The molecule has 23 N–H and O–H groups in total. The van der Waals surface area contributed by atoms with E-state index in [1.807, 2.05) is 42.5 Å². The first-order valence-electron chi connectivity index (χ1n) is 45.4. The van der Waals surface area contributed by atoms with Gasteiger partial charge < -0.3 is 116 Å². The highest BCUT2D eigenvalue weighted by atomic mass is 33.1. The number of nitrogens with one attached hydrogen (secondary N) is 13. The third-order valence-electron chi connectivity index (χ3n) is 23.6. The molecule has 0 unspecified atom stereocenters. The van der Waals surface area contributed by atoms with E-state index in [2.05, 4.69) is 73.8 Å². The number of carbonyl (C=O) groups is 18. The van der Waals surface area contributed by atoms with Crippen molar-refractivity contribution in [3.8, 4) is 16.9 Å². The molecule has 0 radical (unpaired) electrons. The number of carboxylic acids is 1. The van der Waals surface area contributed by atoms with Gasteiger partial charge in [-0.2, -0.15) is 0 Å². The highest BCUT2D eigenvalue weighted by Gasteiger charge is 2.49. The van der Waals surface area contributed by atoms with Gasteiger partial charge in [0, 0.05) is 137 Å². The van der Waals surface area contributed by atoms with Gasteiger partial charge in [0.25, 0.3) is 0 Å². The van der Waals surface area contributed by atoms with Gasteiger partial charge in [0.05, 0.1) is 37.0 Å². The van der Waals surface area contributed by atoms with Crippen molar-refractivity contribution < 1.29 is 106 Å². The number of aliphatic carboxylic acids is 1.